The van der Waals surface area contributed by atoms with Crippen molar-refractivity contribution in [2.45, 2.75) is 32.7 Å². The molecule has 1 unspecified atom stereocenters. The second-order valence-corrected chi connectivity index (χ2v) is 5.42. The first-order valence-corrected chi connectivity index (χ1v) is 7.44. The van der Waals surface area contributed by atoms with Crippen LogP contribution in [0.25, 0.3) is 0 Å². The Labute approximate surface area is 131 Å². The fourth-order valence-corrected chi connectivity index (χ4v) is 2.09. The van der Waals surface area contributed by atoms with E-state index in [0.29, 0.717) is 18.2 Å². The number of carbonyl (C=O) groups is 2. The van der Waals surface area contributed by atoms with Crippen LogP contribution < -0.4 is 0 Å². The molecule has 0 aliphatic rings. The van der Waals surface area contributed by atoms with E-state index in [1.54, 1.807) is 6.92 Å². The van der Waals surface area contributed by atoms with Crippen LogP contribution in [0.4, 0.5) is 0 Å². The van der Waals surface area contributed by atoms with Gasteiger partial charge in [-0.3, -0.25) is 14.5 Å². The van der Waals surface area contributed by atoms with Gasteiger partial charge in [0.05, 0.1) is 19.6 Å². The number of esters is 1. The first kappa shape index (κ1) is 17.7. The van der Waals surface area contributed by atoms with Gasteiger partial charge in [0.1, 0.15) is 5.78 Å². The molecule has 4 nitrogen and oxygen atoms in total. The van der Waals surface area contributed by atoms with Crippen molar-refractivity contribution in [3.63, 3.8) is 0 Å². The van der Waals surface area contributed by atoms with Gasteiger partial charge in [-0.25, -0.2) is 0 Å². The number of hydrogen-bond donors (Lipinski definition) is 0. The van der Waals surface area contributed by atoms with E-state index in [2.05, 4.69) is 0 Å². The summed E-state index contributed by atoms with van der Waals surface area (Å²) in [6.45, 7) is 4.44. The standard InChI is InChI=1S/C16H22ClNO3/c1-4-21-16(20)10-9-15(19)11-18(3)12(2)13-5-7-14(17)8-6-13/h5-8,12H,4,9-11H2,1-3H3. The lowest BCUT2D eigenvalue weighted by Crippen LogP contribution is -2.29. The minimum absolute atomic E-state index is 0.0337. The first-order chi connectivity index (χ1) is 9.93. The third kappa shape index (κ3) is 6.27. The summed E-state index contributed by atoms with van der Waals surface area (Å²) >= 11 is 5.87. The molecular weight excluding hydrogens is 290 g/mol. The molecule has 0 heterocycles. The molecule has 5 heteroatoms. The molecular formula is C16H22ClNO3. The molecule has 21 heavy (non-hydrogen) atoms. The van der Waals surface area contributed by atoms with Gasteiger partial charge >= 0.3 is 5.97 Å². The van der Waals surface area contributed by atoms with Gasteiger partial charge in [-0.2, -0.15) is 0 Å². The van der Waals surface area contributed by atoms with Gasteiger partial charge in [-0.05, 0) is 38.6 Å². The van der Waals surface area contributed by atoms with Crippen LogP contribution in [0.2, 0.25) is 5.02 Å². The van der Waals surface area contributed by atoms with Gasteiger partial charge in [0, 0.05) is 17.5 Å². The smallest absolute Gasteiger partial charge is 0.306 e. The van der Waals surface area contributed by atoms with E-state index in [0.717, 1.165) is 5.56 Å². The number of carbonyl (C=O) groups excluding carboxylic acids is 2. The Kier molecular flexibility index (Phi) is 7.40. The molecule has 1 aromatic rings. The summed E-state index contributed by atoms with van der Waals surface area (Å²) in [7, 11) is 1.89. The Morgan fingerprint density at radius 1 is 1.24 bits per heavy atom. The third-order valence-corrected chi connectivity index (χ3v) is 3.60. The average Bonchev–Trinajstić information content (AvgIpc) is 2.45. The van der Waals surface area contributed by atoms with Crippen molar-refractivity contribution in [2.24, 2.45) is 0 Å². The van der Waals surface area contributed by atoms with Gasteiger partial charge in [0.2, 0.25) is 0 Å². The van der Waals surface area contributed by atoms with Gasteiger partial charge in [0.25, 0.3) is 0 Å². The molecule has 0 saturated heterocycles. The largest absolute Gasteiger partial charge is 0.466 e. The topological polar surface area (TPSA) is 46.6 Å². The zero-order valence-corrected chi connectivity index (χ0v) is 13.5. The Hall–Kier alpha value is -1.39. The molecule has 0 saturated carbocycles. The van der Waals surface area contributed by atoms with E-state index in [4.69, 9.17) is 16.3 Å². The maximum absolute atomic E-state index is 11.9. The highest BCUT2D eigenvalue weighted by molar-refractivity contribution is 6.30. The van der Waals surface area contributed by atoms with Crippen LogP contribution in [-0.2, 0) is 14.3 Å². The van der Waals surface area contributed by atoms with Crippen molar-refractivity contribution < 1.29 is 14.3 Å². The number of likely N-dealkylation sites (N-methyl/N-ethyl adjacent to an activating group) is 1. The average molecular weight is 312 g/mol. The highest BCUT2D eigenvalue weighted by Crippen LogP contribution is 2.20. The molecule has 0 radical (unpaired) electrons. The molecule has 0 N–H and O–H groups in total. The number of halogens is 1. The van der Waals surface area contributed by atoms with E-state index >= 15 is 0 Å². The first-order valence-electron chi connectivity index (χ1n) is 7.07. The number of ether oxygens (including phenoxy) is 1. The monoisotopic (exact) mass is 311 g/mol. The SMILES string of the molecule is CCOC(=O)CCC(=O)CN(C)C(C)c1ccc(Cl)cc1. The van der Waals surface area contributed by atoms with Gasteiger partial charge in [0.15, 0.2) is 0 Å². The highest BCUT2D eigenvalue weighted by Gasteiger charge is 2.15. The number of ketones is 1. The fourth-order valence-electron chi connectivity index (χ4n) is 1.96. The van der Waals surface area contributed by atoms with Crippen LogP contribution in [0.15, 0.2) is 24.3 Å². The molecule has 1 atom stereocenters. The molecule has 0 fully saturated rings. The molecule has 0 amide bonds. The van der Waals surface area contributed by atoms with Crippen LogP contribution >= 0.6 is 11.6 Å². The Morgan fingerprint density at radius 2 is 1.86 bits per heavy atom. The molecule has 1 aromatic carbocycles. The quantitative estimate of drug-likeness (QED) is 0.691. The molecule has 0 spiro atoms. The minimum Gasteiger partial charge on any atom is -0.466 e. The molecule has 0 aliphatic heterocycles. The predicted octanol–water partition coefficient (Wildman–Crippen LogP) is 3.25. The van der Waals surface area contributed by atoms with Gasteiger partial charge < -0.3 is 4.74 Å². The van der Waals surface area contributed by atoms with E-state index in [1.165, 1.54) is 0 Å². The van der Waals surface area contributed by atoms with Crippen molar-refractivity contribution >= 4 is 23.4 Å². The van der Waals surface area contributed by atoms with Crippen molar-refractivity contribution in [3.05, 3.63) is 34.9 Å². The maximum atomic E-state index is 11.9. The molecule has 0 bridgehead atoms. The number of nitrogens with zero attached hydrogens (tertiary/aromatic N) is 1. The second-order valence-electron chi connectivity index (χ2n) is 4.99. The van der Waals surface area contributed by atoms with E-state index in [9.17, 15) is 9.59 Å². The normalized spacial score (nSPS) is 12.2. The summed E-state index contributed by atoms with van der Waals surface area (Å²) in [4.78, 5) is 25.1. The van der Waals surface area contributed by atoms with Crippen LogP contribution in [0.3, 0.4) is 0 Å². The lowest BCUT2D eigenvalue weighted by Gasteiger charge is -2.24. The molecule has 0 aliphatic carbocycles. The maximum Gasteiger partial charge on any atom is 0.306 e. The van der Waals surface area contributed by atoms with Crippen LogP contribution in [0.1, 0.15) is 38.3 Å². The molecule has 116 valence electrons. The Morgan fingerprint density at radius 3 is 2.43 bits per heavy atom. The van der Waals surface area contributed by atoms with E-state index in [-0.39, 0.29) is 30.6 Å². The Balaban J connectivity index is 2.44. The summed E-state index contributed by atoms with van der Waals surface area (Å²) in [5, 5.41) is 0.694. The second kappa shape index (κ2) is 8.80. The lowest BCUT2D eigenvalue weighted by atomic mass is 10.1. The van der Waals surface area contributed by atoms with E-state index in [1.807, 2.05) is 43.1 Å². The van der Waals surface area contributed by atoms with Gasteiger partial charge in [-0.15, -0.1) is 0 Å². The summed E-state index contributed by atoms with van der Waals surface area (Å²) in [5.41, 5.74) is 1.10. The number of Topliss-reactive ketones (excluding diaryl/α,β-unsaturated/α-hetero) is 1. The van der Waals surface area contributed by atoms with Crippen LogP contribution in [0.5, 0.6) is 0 Å². The summed E-state index contributed by atoms with van der Waals surface area (Å²) < 4.78 is 4.81. The van der Waals surface area contributed by atoms with Crippen LogP contribution in [-0.4, -0.2) is 36.9 Å². The summed E-state index contributed by atoms with van der Waals surface area (Å²) in [6.07, 6.45) is 0.367. The van der Waals surface area contributed by atoms with E-state index < -0.39 is 0 Å². The fraction of sp³-hybridized carbons (Fsp3) is 0.500. The third-order valence-electron chi connectivity index (χ3n) is 3.35. The van der Waals surface area contributed by atoms with Crippen molar-refractivity contribution in [2.75, 3.05) is 20.2 Å². The number of benzene rings is 1. The minimum atomic E-state index is -0.320. The highest BCUT2D eigenvalue weighted by atomic mass is 35.5. The molecule has 1 rings (SSSR count). The zero-order valence-electron chi connectivity index (χ0n) is 12.8. The van der Waals surface area contributed by atoms with Crippen molar-refractivity contribution in [3.8, 4) is 0 Å². The predicted molar refractivity (Wildman–Crippen MR) is 83.4 cm³/mol. The number of hydrogen-bond acceptors (Lipinski definition) is 4. The summed E-state index contributed by atoms with van der Waals surface area (Å²) in [5.74, 6) is -0.286. The lowest BCUT2D eigenvalue weighted by molar-refractivity contribution is -0.144. The summed E-state index contributed by atoms with van der Waals surface area (Å²) in [6, 6.07) is 7.68. The zero-order chi connectivity index (χ0) is 15.8. The van der Waals surface area contributed by atoms with Crippen LogP contribution in [0, 0.1) is 0 Å². The van der Waals surface area contributed by atoms with Crippen molar-refractivity contribution in [1.82, 2.24) is 4.90 Å². The Bertz CT molecular complexity index is 473. The molecule has 0 aromatic heterocycles. The van der Waals surface area contributed by atoms with Gasteiger partial charge in [-0.1, -0.05) is 23.7 Å². The number of rotatable bonds is 8. The van der Waals surface area contributed by atoms with Crippen molar-refractivity contribution in [1.29, 1.82) is 0 Å².